The first-order valence-electron chi connectivity index (χ1n) is 5.56. The number of rotatable bonds is 3. The summed E-state index contributed by atoms with van der Waals surface area (Å²) in [6, 6.07) is 6.33. The minimum Gasteiger partial charge on any atom is -0.496 e. The third-order valence-electron chi connectivity index (χ3n) is 3.84. The molecule has 0 amide bonds. The molecule has 1 aliphatic rings. The molecule has 3 heteroatoms. The predicted molar refractivity (Wildman–Crippen MR) is 69.8 cm³/mol. The van der Waals surface area contributed by atoms with E-state index in [0.717, 1.165) is 16.8 Å². The molecule has 0 bridgehead atoms. The normalized spacial score (nSPS) is 26.6. The van der Waals surface area contributed by atoms with Crippen molar-refractivity contribution in [3.8, 4) is 5.75 Å². The quantitative estimate of drug-likeness (QED) is 0.925. The van der Waals surface area contributed by atoms with Crippen molar-refractivity contribution in [2.75, 3.05) is 13.7 Å². The van der Waals surface area contributed by atoms with Gasteiger partial charge in [0.1, 0.15) is 5.75 Å². The molecule has 2 rings (SSSR count). The van der Waals surface area contributed by atoms with Gasteiger partial charge in [-0.05, 0) is 57.4 Å². The fourth-order valence-electron chi connectivity index (χ4n) is 2.72. The fraction of sp³-hybridized carbons (Fsp3) is 0.538. The third-order valence-corrected chi connectivity index (χ3v) is 4.49. The lowest BCUT2D eigenvalue weighted by Gasteiger charge is -2.07. The largest absolute Gasteiger partial charge is 0.496 e. The highest BCUT2D eigenvalue weighted by Gasteiger charge is 2.57. The predicted octanol–water partition coefficient (Wildman–Crippen LogP) is 3.16. The molecule has 0 spiro atoms. The molecule has 16 heavy (non-hydrogen) atoms. The molecule has 2 atom stereocenters. The molecule has 1 aromatic rings. The first kappa shape index (κ1) is 11.9. The molecule has 0 aliphatic heterocycles. The molecule has 0 heterocycles. The Bertz CT molecular complexity index is 403. The van der Waals surface area contributed by atoms with Gasteiger partial charge in [-0.1, -0.05) is 19.9 Å². The van der Waals surface area contributed by atoms with Crippen molar-refractivity contribution in [3.05, 3.63) is 28.2 Å². The highest BCUT2D eigenvalue weighted by molar-refractivity contribution is 9.10. The molecule has 0 unspecified atom stereocenters. The van der Waals surface area contributed by atoms with Crippen molar-refractivity contribution in [3.63, 3.8) is 0 Å². The summed E-state index contributed by atoms with van der Waals surface area (Å²) in [5, 5.41) is 0. The van der Waals surface area contributed by atoms with Crippen molar-refractivity contribution in [1.29, 1.82) is 0 Å². The zero-order valence-corrected chi connectivity index (χ0v) is 11.5. The van der Waals surface area contributed by atoms with Crippen LogP contribution in [0, 0.1) is 11.3 Å². The highest BCUT2D eigenvalue weighted by Crippen LogP contribution is 2.64. The Kier molecular flexibility index (Phi) is 3.01. The van der Waals surface area contributed by atoms with E-state index in [0.29, 0.717) is 17.3 Å². The van der Waals surface area contributed by atoms with Crippen molar-refractivity contribution in [2.45, 2.75) is 19.8 Å². The maximum atomic E-state index is 5.80. The molecular formula is C13H18BrNO. The smallest absolute Gasteiger partial charge is 0.133 e. The SMILES string of the molecule is COc1cc([C@H]2[C@H](CN)C2(C)C)ccc1Br. The van der Waals surface area contributed by atoms with Crippen LogP contribution in [0.4, 0.5) is 0 Å². The van der Waals surface area contributed by atoms with Gasteiger partial charge < -0.3 is 10.5 Å². The standard InChI is InChI=1S/C13H18BrNO/c1-13(2)9(7-15)12(13)8-4-5-10(14)11(6-8)16-3/h4-6,9,12H,7,15H2,1-3H3/t9-,12-/m0/s1. The van der Waals surface area contributed by atoms with Crippen molar-refractivity contribution in [1.82, 2.24) is 0 Å². The number of benzene rings is 1. The van der Waals surface area contributed by atoms with E-state index >= 15 is 0 Å². The van der Waals surface area contributed by atoms with Crippen LogP contribution in [0.5, 0.6) is 5.75 Å². The van der Waals surface area contributed by atoms with E-state index < -0.39 is 0 Å². The Morgan fingerprint density at radius 2 is 2.12 bits per heavy atom. The zero-order chi connectivity index (χ0) is 11.9. The molecule has 2 nitrogen and oxygen atoms in total. The summed E-state index contributed by atoms with van der Waals surface area (Å²) in [6.45, 7) is 5.32. The van der Waals surface area contributed by atoms with Gasteiger partial charge in [-0.3, -0.25) is 0 Å². The van der Waals surface area contributed by atoms with Gasteiger partial charge in [0.15, 0.2) is 0 Å². The summed E-state index contributed by atoms with van der Waals surface area (Å²) in [5.74, 6) is 2.06. The van der Waals surface area contributed by atoms with E-state index in [2.05, 4.69) is 48.0 Å². The van der Waals surface area contributed by atoms with Crippen LogP contribution in [0.1, 0.15) is 25.3 Å². The van der Waals surface area contributed by atoms with Gasteiger partial charge >= 0.3 is 0 Å². The molecule has 1 saturated carbocycles. The molecule has 1 aromatic carbocycles. The Morgan fingerprint density at radius 3 is 2.62 bits per heavy atom. The summed E-state index contributed by atoms with van der Waals surface area (Å²) in [7, 11) is 1.70. The van der Waals surface area contributed by atoms with Crippen LogP contribution in [-0.4, -0.2) is 13.7 Å². The number of hydrogen-bond acceptors (Lipinski definition) is 2. The van der Waals surface area contributed by atoms with Gasteiger partial charge in [0, 0.05) is 0 Å². The van der Waals surface area contributed by atoms with E-state index in [-0.39, 0.29) is 0 Å². The molecule has 0 saturated heterocycles. The van der Waals surface area contributed by atoms with Crippen LogP contribution in [0.25, 0.3) is 0 Å². The summed E-state index contributed by atoms with van der Waals surface area (Å²) in [5.41, 5.74) is 7.46. The van der Waals surface area contributed by atoms with E-state index in [4.69, 9.17) is 10.5 Å². The maximum Gasteiger partial charge on any atom is 0.133 e. The van der Waals surface area contributed by atoms with Gasteiger partial charge in [0.25, 0.3) is 0 Å². The van der Waals surface area contributed by atoms with Gasteiger partial charge in [-0.2, -0.15) is 0 Å². The minimum absolute atomic E-state index is 0.327. The Morgan fingerprint density at radius 1 is 1.44 bits per heavy atom. The van der Waals surface area contributed by atoms with Gasteiger partial charge in [0.05, 0.1) is 11.6 Å². The Balaban J connectivity index is 2.30. The fourth-order valence-corrected chi connectivity index (χ4v) is 3.12. The number of halogens is 1. The second-order valence-corrected chi connectivity index (χ2v) is 5.89. The number of methoxy groups -OCH3 is 1. The monoisotopic (exact) mass is 283 g/mol. The topological polar surface area (TPSA) is 35.2 Å². The maximum absolute atomic E-state index is 5.80. The van der Waals surface area contributed by atoms with Gasteiger partial charge in [0.2, 0.25) is 0 Å². The molecule has 0 radical (unpaired) electrons. The van der Waals surface area contributed by atoms with Crippen LogP contribution < -0.4 is 10.5 Å². The molecule has 88 valence electrons. The lowest BCUT2D eigenvalue weighted by atomic mass is 10.0. The number of ether oxygens (including phenoxy) is 1. The average molecular weight is 284 g/mol. The number of nitrogens with two attached hydrogens (primary N) is 1. The Hall–Kier alpha value is -0.540. The van der Waals surface area contributed by atoms with Crippen molar-refractivity contribution in [2.24, 2.45) is 17.1 Å². The van der Waals surface area contributed by atoms with Crippen LogP contribution in [0.2, 0.25) is 0 Å². The molecule has 2 N–H and O–H groups in total. The van der Waals surface area contributed by atoms with Crippen molar-refractivity contribution < 1.29 is 4.74 Å². The van der Waals surface area contributed by atoms with Gasteiger partial charge in [-0.15, -0.1) is 0 Å². The Labute approximate surface area is 105 Å². The van der Waals surface area contributed by atoms with E-state index in [9.17, 15) is 0 Å². The second-order valence-electron chi connectivity index (χ2n) is 5.04. The second kappa shape index (κ2) is 4.04. The van der Waals surface area contributed by atoms with E-state index in [1.54, 1.807) is 7.11 Å². The summed E-state index contributed by atoms with van der Waals surface area (Å²) >= 11 is 3.47. The summed E-state index contributed by atoms with van der Waals surface area (Å²) in [4.78, 5) is 0. The number of hydrogen-bond donors (Lipinski definition) is 1. The zero-order valence-electron chi connectivity index (χ0n) is 9.96. The average Bonchev–Trinajstić information content (AvgIpc) is 2.81. The first-order valence-corrected chi connectivity index (χ1v) is 6.35. The van der Waals surface area contributed by atoms with Crippen LogP contribution >= 0.6 is 15.9 Å². The van der Waals surface area contributed by atoms with E-state index in [1.807, 2.05) is 0 Å². The lowest BCUT2D eigenvalue weighted by Crippen LogP contribution is -2.05. The minimum atomic E-state index is 0.327. The van der Waals surface area contributed by atoms with Crippen LogP contribution in [0.15, 0.2) is 22.7 Å². The molecule has 1 fully saturated rings. The molecule has 0 aromatic heterocycles. The van der Waals surface area contributed by atoms with Crippen molar-refractivity contribution >= 4 is 15.9 Å². The van der Waals surface area contributed by atoms with Gasteiger partial charge in [-0.25, -0.2) is 0 Å². The molecule has 1 aliphatic carbocycles. The third kappa shape index (κ3) is 1.76. The summed E-state index contributed by atoms with van der Waals surface area (Å²) in [6.07, 6.45) is 0. The first-order chi connectivity index (χ1) is 7.52. The van der Waals surface area contributed by atoms with E-state index in [1.165, 1.54) is 5.56 Å². The lowest BCUT2D eigenvalue weighted by molar-refractivity contribution is 0.411. The van der Waals surface area contributed by atoms with Crippen LogP contribution in [-0.2, 0) is 0 Å². The highest BCUT2D eigenvalue weighted by atomic mass is 79.9. The molecular weight excluding hydrogens is 266 g/mol. The van der Waals surface area contributed by atoms with Crippen LogP contribution in [0.3, 0.4) is 0 Å². The summed E-state index contributed by atoms with van der Waals surface area (Å²) < 4.78 is 6.32.